The number of nitrogens with two attached hydrogens (primary N) is 1. The van der Waals surface area contributed by atoms with E-state index < -0.39 is 0 Å². The van der Waals surface area contributed by atoms with Gasteiger partial charge in [0.1, 0.15) is 22.2 Å². The Hall–Kier alpha value is -2.12. The minimum atomic E-state index is 0.551. The van der Waals surface area contributed by atoms with Crippen LogP contribution in [0.3, 0.4) is 0 Å². The number of fused-ring (bicyclic) bond motifs is 1. The lowest BCUT2D eigenvalue weighted by molar-refractivity contribution is 0.489. The second kappa shape index (κ2) is 5.10. The minimum absolute atomic E-state index is 0.551. The van der Waals surface area contributed by atoms with Gasteiger partial charge in [-0.15, -0.1) is 0 Å². The van der Waals surface area contributed by atoms with Crippen LogP contribution in [0, 0.1) is 13.8 Å². The lowest BCUT2D eigenvalue weighted by Crippen LogP contribution is -2.12. The van der Waals surface area contributed by atoms with Crippen molar-refractivity contribution < 1.29 is 4.42 Å². The van der Waals surface area contributed by atoms with E-state index in [1.54, 1.807) is 0 Å². The number of anilines is 1. The Labute approximate surface area is 119 Å². The molecule has 102 valence electrons. The lowest BCUT2D eigenvalue weighted by Gasteiger charge is -2.08. The average molecular weight is 287 g/mol. The van der Waals surface area contributed by atoms with E-state index in [1.165, 1.54) is 11.8 Å². The van der Waals surface area contributed by atoms with Gasteiger partial charge in [-0.1, -0.05) is 12.1 Å². The average Bonchev–Trinajstić information content (AvgIpc) is 2.84. The van der Waals surface area contributed by atoms with Crippen molar-refractivity contribution in [3.63, 3.8) is 0 Å². The Morgan fingerprint density at radius 1 is 1.15 bits per heavy atom. The lowest BCUT2D eigenvalue weighted by atomic mass is 10.3. The number of hydrogen-bond donors (Lipinski definition) is 2. The number of para-hydroxylation sites is 2. The van der Waals surface area contributed by atoms with E-state index in [4.69, 9.17) is 10.3 Å². The van der Waals surface area contributed by atoms with Crippen LogP contribution in [0.5, 0.6) is 0 Å². The van der Waals surface area contributed by atoms with Crippen LogP contribution in [0.4, 0.5) is 5.82 Å². The summed E-state index contributed by atoms with van der Waals surface area (Å²) in [6, 6.07) is 7.64. The van der Waals surface area contributed by atoms with Gasteiger partial charge < -0.3 is 9.84 Å². The number of nitrogens with zero attached hydrogens (tertiary/aromatic N) is 3. The number of nitrogen functional groups attached to an aromatic ring is 1. The molecule has 3 N–H and O–H groups in total. The maximum atomic E-state index is 5.68. The van der Waals surface area contributed by atoms with E-state index in [0.717, 1.165) is 21.7 Å². The van der Waals surface area contributed by atoms with Crippen molar-refractivity contribution in [1.82, 2.24) is 15.0 Å². The van der Waals surface area contributed by atoms with Crippen molar-refractivity contribution in [3.05, 3.63) is 35.7 Å². The molecule has 0 spiro atoms. The van der Waals surface area contributed by atoms with Crippen LogP contribution in [0.2, 0.25) is 0 Å². The maximum Gasteiger partial charge on any atom is 0.263 e. The van der Waals surface area contributed by atoms with Crippen molar-refractivity contribution >= 4 is 28.7 Å². The third kappa shape index (κ3) is 2.33. The van der Waals surface area contributed by atoms with E-state index in [-0.39, 0.29) is 0 Å². The summed E-state index contributed by atoms with van der Waals surface area (Å²) in [6.07, 6.45) is 0. The Morgan fingerprint density at radius 2 is 1.95 bits per heavy atom. The van der Waals surface area contributed by atoms with Gasteiger partial charge in [-0.05, 0) is 37.7 Å². The molecule has 2 heterocycles. The van der Waals surface area contributed by atoms with Gasteiger partial charge in [0.2, 0.25) is 0 Å². The van der Waals surface area contributed by atoms with E-state index in [9.17, 15) is 0 Å². The van der Waals surface area contributed by atoms with Gasteiger partial charge in [0.15, 0.2) is 5.58 Å². The predicted molar refractivity (Wildman–Crippen MR) is 77.4 cm³/mol. The van der Waals surface area contributed by atoms with Crippen LogP contribution in [-0.4, -0.2) is 15.0 Å². The SMILES string of the molecule is Cc1nc(NN)c(C)c(Sc2nc3ccccc3o2)n1. The molecule has 0 atom stereocenters. The maximum absolute atomic E-state index is 5.68. The monoisotopic (exact) mass is 287 g/mol. The molecule has 0 fully saturated rings. The second-order valence-electron chi connectivity index (χ2n) is 4.24. The molecule has 0 saturated heterocycles. The van der Waals surface area contributed by atoms with Crippen molar-refractivity contribution in [2.24, 2.45) is 5.84 Å². The smallest absolute Gasteiger partial charge is 0.263 e. The van der Waals surface area contributed by atoms with Gasteiger partial charge in [-0.3, -0.25) is 0 Å². The van der Waals surface area contributed by atoms with Crippen molar-refractivity contribution in [2.45, 2.75) is 24.1 Å². The van der Waals surface area contributed by atoms with Crippen molar-refractivity contribution in [3.8, 4) is 0 Å². The number of aryl methyl sites for hydroxylation is 1. The predicted octanol–water partition coefficient (Wildman–Crippen LogP) is 2.67. The number of oxazole rings is 1. The normalized spacial score (nSPS) is 10.9. The zero-order valence-electron chi connectivity index (χ0n) is 11.0. The highest BCUT2D eigenvalue weighted by Gasteiger charge is 2.13. The van der Waals surface area contributed by atoms with Crippen molar-refractivity contribution in [2.75, 3.05) is 5.43 Å². The molecule has 6 nitrogen and oxygen atoms in total. The second-order valence-corrected chi connectivity index (χ2v) is 5.18. The summed E-state index contributed by atoms with van der Waals surface area (Å²) in [5, 5.41) is 1.33. The molecule has 3 rings (SSSR count). The molecule has 0 aliphatic rings. The highest BCUT2D eigenvalue weighted by atomic mass is 32.2. The molecule has 3 aromatic rings. The third-order valence-electron chi connectivity index (χ3n) is 2.81. The fourth-order valence-corrected chi connectivity index (χ4v) is 2.69. The Kier molecular flexibility index (Phi) is 3.29. The summed E-state index contributed by atoms with van der Waals surface area (Å²) in [7, 11) is 0. The first-order valence-corrected chi connectivity index (χ1v) is 6.84. The van der Waals surface area contributed by atoms with E-state index >= 15 is 0 Å². The summed E-state index contributed by atoms with van der Waals surface area (Å²) < 4.78 is 5.68. The Bertz CT molecular complexity index is 738. The molecule has 20 heavy (non-hydrogen) atoms. The molecule has 0 saturated carbocycles. The summed E-state index contributed by atoms with van der Waals surface area (Å²) in [4.78, 5) is 13.0. The quantitative estimate of drug-likeness (QED) is 0.435. The van der Waals surface area contributed by atoms with Gasteiger partial charge in [-0.2, -0.15) is 0 Å². The molecule has 7 heteroatoms. The molecule has 0 radical (unpaired) electrons. The Morgan fingerprint density at radius 3 is 2.70 bits per heavy atom. The third-order valence-corrected chi connectivity index (χ3v) is 3.75. The largest absolute Gasteiger partial charge is 0.431 e. The highest BCUT2D eigenvalue weighted by molar-refractivity contribution is 7.99. The first-order valence-electron chi connectivity index (χ1n) is 6.02. The fourth-order valence-electron chi connectivity index (χ4n) is 1.82. The molecule has 1 aromatic carbocycles. The molecular weight excluding hydrogens is 274 g/mol. The molecule has 0 aliphatic carbocycles. The van der Waals surface area contributed by atoms with Crippen LogP contribution in [-0.2, 0) is 0 Å². The van der Waals surface area contributed by atoms with Gasteiger partial charge in [0.05, 0.1) is 0 Å². The van der Waals surface area contributed by atoms with Crippen LogP contribution in [0.15, 0.2) is 38.9 Å². The van der Waals surface area contributed by atoms with Crippen LogP contribution >= 0.6 is 11.8 Å². The number of hydrazine groups is 1. The molecule has 0 aliphatic heterocycles. The summed E-state index contributed by atoms with van der Waals surface area (Å²) in [5.74, 6) is 6.70. The number of nitrogens with one attached hydrogen (secondary N) is 1. The summed E-state index contributed by atoms with van der Waals surface area (Å²) in [5.41, 5.74) is 5.03. The van der Waals surface area contributed by atoms with Gasteiger partial charge in [-0.25, -0.2) is 20.8 Å². The topological polar surface area (TPSA) is 89.9 Å². The summed E-state index contributed by atoms with van der Waals surface area (Å²) in [6.45, 7) is 3.72. The van der Waals surface area contributed by atoms with Crippen LogP contribution in [0.25, 0.3) is 11.1 Å². The van der Waals surface area contributed by atoms with E-state index in [0.29, 0.717) is 16.9 Å². The van der Waals surface area contributed by atoms with E-state index in [2.05, 4.69) is 20.4 Å². The number of benzene rings is 1. The van der Waals surface area contributed by atoms with Crippen LogP contribution < -0.4 is 11.3 Å². The van der Waals surface area contributed by atoms with Crippen molar-refractivity contribution in [1.29, 1.82) is 0 Å². The van der Waals surface area contributed by atoms with Gasteiger partial charge in [0.25, 0.3) is 5.22 Å². The zero-order valence-corrected chi connectivity index (χ0v) is 11.9. The number of aromatic nitrogens is 3. The highest BCUT2D eigenvalue weighted by Crippen LogP contribution is 2.32. The van der Waals surface area contributed by atoms with Crippen LogP contribution in [0.1, 0.15) is 11.4 Å². The molecule has 0 amide bonds. The van der Waals surface area contributed by atoms with Gasteiger partial charge >= 0.3 is 0 Å². The minimum Gasteiger partial charge on any atom is -0.431 e. The molecule has 0 bridgehead atoms. The standard InChI is InChI=1S/C13H13N5OS/c1-7-11(18-14)15-8(2)16-12(7)20-13-17-9-5-3-4-6-10(9)19-13/h3-6H,14H2,1-2H3,(H,15,16,18). The molecule has 0 unspecified atom stereocenters. The molecular formula is C13H13N5OS. The first kappa shape index (κ1) is 12.9. The Balaban J connectivity index is 2.00. The van der Waals surface area contributed by atoms with Gasteiger partial charge in [0, 0.05) is 5.56 Å². The first-order chi connectivity index (χ1) is 9.67. The zero-order chi connectivity index (χ0) is 14.1. The number of rotatable bonds is 3. The molecule has 2 aromatic heterocycles. The number of hydrogen-bond acceptors (Lipinski definition) is 7. The van der Waals surface area contributed by atoms with E-state index in [1.807, 2.05) is 38.1 Å². The summed E-state index contributed by atoms with van der Waals surface area (Å²) >= 11 is 1.36. The fraction of sp³-hybridized carbons (Fsp3) is 0.154.